The second-order valence-corrected chi connectivity index (χ2v) is 6.96. The third kappa shape index (κ3) is 3.70. The van der Waals surface area contributed by atoms with Gasteiger partial charge < -0.3 is 5.11 Å². The van der Waals surface area contributed by atoms with E-state index in [1.807, 2.05) is 11.4 Å². The fraction of sp³-hybridized carbons (Fsp3) is 0.562. The van der Waals surface area contributed by atoms with Gasteiger partial charge in [-0.2, -0.15) is 0 Å². The van der Waals surface area contributed by atoms with E-state index in [9.17, 15) is 4.79 Å². The summed E-state index contributed by atoms with van der Waals surface area (Å²) in [7, 11) is 0. The summed E-state index contributed by atoms with van der Waals surface area (Å²) >= 11 is 1.71. The Morgan fingerprint density at radius 1 is 1.50 bits per heavy atom. The van der Waals surface area contributed by atoms with Crippen molar-refractivity contribution in [3.05, 3.63) is 28.0 Å². The number of rotatable bonds is 4. The monoisotopic (exact) mass is 293 g/mol. The van der Waals surface area contributed by atoms with E-state index in [0.29, 0.717) is 6.04 Å². The van der Waals surface area contributed by atoms with Crippen molar-refractivity contribution >= 4 is 23.4 Å². The summed E-state index contributed by atoms with van der Waals surface area (Å²) in [6.45, 7) is 9.00. The highest BCUT2D eigenvalue weighted by Crippen LogP contribution is 2.30. The highest BCUT2D eigenvalue weighted by Gasteiger charge is 2.29. The molecule has 1 aliphatic rings. The van der Waals surface area contributed by atoms with Crippen molar-refractivity contribution in [2.75, 3.05) is 6.54 Å². The predicted octanol–water partition coefficient (Wildman–Crippen LogP) is 3.71. The van der Waals surface area contributed by atoms with E-state index < -0.39 is 5.97 Å². The molecule has 20 heavy (non-hydrogen) atoms. The minimum Gasteiger partial charge on any atom is -0.478 e. The molecule has 1 saturated heterocycles. The van der Waals surface area contributed by atoms with E-state index in [0.717, 1.165) is 30.5 Å². The number of hydrogen-bond acceptors (Lipinski definition) is 3. The zero-order valence-electron chi connectivity index (χ0n) is 12.4. The SMILES string of the molecule is CC1CC(C)C(C)N(Cc2sccc2/C=C/C(=O)O)C1. The minimum absolute atomic E-state index is 0.588. The molecule has 2 rings (SSSR count). The molecule has 110 valence electrons. The smallest absolute Gasteiger partial charge is 0.328 e. The summed E-state index contributed by atoms with van der Waals surface area (Å²) in [5.74, 6) is 0.562. The standard InChI is InChI=1S/C16H23NO2S/c1-11-8-12(2)13(3)17(9-11)10-15-14(6-7-20-15)4-5-16(18)19/h4-7,11-13H,8-10H2,1-3H3,(H,18,19)/b5-4+. The van der Waals surface area contributed by atoms with E-state index in [-0.39, 0.29) is 0 Å². The van der Waals surface area contributed by atoms with Gasteiger partial charge in [-0.3, -0.25) is 4.90 Å². The minimum atomic E-state index is -0.893. The van der Waals surface area contributed by atoms with Crippen molar-refractivity contribution in [2.45, 2.75) is 39.8 Å². The Labute approximate surface area is 124 Å². The van der Waals surface area contributed by atoms with E-state index in [2.05, 4.69) is 25.7 Å². The zero-order chi connectivity index (χ0) is 14.7. The number of carboxylic acids is 1. The van der Waals surface area contributed by atoms with Crippen LogP contribution in [0.2, 0.25) is 0 Å². The van der Waals surface area contributed by atoms with E-state index in [4.69, 9.17) is 5.11 Å². The van der Waals surface area contributed by atoms with Gasteiger partial charge in [0.1, 0.15) is 0 Å². The van der Waals surface area contributed by atoms with E-state index >= 15 is 0 Å². The molecule has 0 aromatic carbocycles. The molecule has 1 aliphatic heterocycles. The van der Waals surface area contributed by atoms with Crippen LogP contribution < -0.4 is 0 Å². The first kappa shape index (κ1) is 15.3. The summed E-state index contributed by atoms with van der Waals surface area (Å²) in [6.07, 6.45) is 4.22. The van der Waals surface area contributed by atoms with Gasteiger partial charge in [0, 0.05) is 30.1 Å². The van der Waals surface area contributed by atoms with Gasteiger partial charge >= 0.3 is 5.97 Å². The lowest BCUT2D eigenvalue weighted by Gasteiger charge is -2.41. The molecule has 1 fully saturated rings. The Morgan fingerprint density at radius 3 is 2.95 bits per heavy atom. The van der Waals surface area contributed by atoms with Crippen LogP contribution in [-0.4, -0.2) is 28.6 Å². The number of thiophene rings is 1. The highest BCUT2D eigenvalue weighted by molar-refractivity contribution is 7.10. The fourth-order valence-corrected chi connectivity index (χ4v) is 3.91. The Kier molecular flexibility index (Phi) is 5.00. The van der Waals surface area contributed by atoms with Crippen molar-refractivity contribution < 1.29 is 9.90 Å². The first-order valence-corrected chi connectivity index (χ1v) is 8.06. The summed E-state index contributed by atoms with van der Waals surface area (Å²) in [6, 6.07) is 2.59. The van der Waals surface area contributed by atoms with Gasteiger partial charge in [-0.15, -0.1) is 11.3 Å². The largest absolute Gasteiger partial charge is 0.478 e. The molecule has 4 heteroatoms. The third-order valence-corrected chi connectivity index (χ3v) is 5.17. The third-order valence-electron chi connectivity index (χ3n) is 4.25. The Morgan fingerprint density at radius 2 is 2.25 bits per heavy atom. The van der Waals surface area contributed by atoms with Crippen LogP contribution in [-0.2, 0) is 11.3 Å². The molecule has 0 radical (unpaired) electrons. The maximum atomic E-state index is 10.6. The van der Waals surface area contributed by atoms with Gasteiger partial charge in [-0.25, -0.2) is 4.79 Å². The van der Waals surface area contributed by atoms with Gasteiger partial charge in [0.15, 0.2) is 0 Å². The average molecular weight is 293 g/mol. The lowest BCUT2D eigenvalue weighted by atomic mass is 9.86. The van der Waals surface area contributed by atoms with E-state index in [1.54, 1.807) is 17.4 Å². The topological polar surface area (TPSA) is 40.5 Å². The molecule has 3 atom stereocenters. The van der Waals surface area contributed by atoms with Crippen LogP contribution in [0.25, 0.3) is 6.08 Å². The number of hydrogen-bond donors (Lipinski definition) is 1. The second kappa shape index (κ2) is 6.55. The zero-order valence-corrected chi connectivity index (χ0v) is 13.2. The molecule has 0 bridgehead atoms. The fourth-order valence-electron chi connectivity index (χ4n) is 3.01. The number of nitrogens with zero attached hydrogens (tertiary/aromatic N) is 1. The quantitative estimate of drug-likeness (QED) is 0.860. The molecule has 2 heterocycles. The number of carboxylic acid groups (broad SMARTS) is 1. The molecule has 1 N–H and O–H groups in total. The maximum Gasteiger partial charge on any atom is 0.328 e. The normalized spacial score (nSPS) is 28.1. The van der Waals surface area contributed by atoms with Crippen LogP contribution in [0.3, 0.4) is 0 Å². The molecule has 1 aromatic heterocycles. The van der Waals surface area contributed by atoms with Gasteiger partial charge in [0.2, 0.25) is 0 Å². The van der Waals surface area contributed by atoms with Crippen molar-refractivity contribution in [1.29, 1.82) is 0 Å². The van der Waals surface area contributed by atoms with Crippen molar-refractivity contribution in [1.82, 2.24) is 4.90 Å². The van der Waals surface area contributed by atoms with Crippen LogP contribution in [0.15, 0.2) is 17.5 Å². The van der Waals surface area contributed by atoms with E-state index in [1.165, 1.54) is 17.4 Å². The Bertz CT molecular complexity index is 494. The number of aliphatic carboxylic acids is 1. The van der Waals surface area contributed by atoms with Crippen molar-refractivity contribution in [3.8, 4) is 0 Å². The van der Waals surface area contributed by atoms with Gasteiger partial charge in [-0.05, 0) is 48.3 Å². The Balaban J connectivity index is 2.09. The molecule has 0 saturated carbocycles. The summed E-state index contributed by atoms with van der Waals surface area (Å²) in [5.41, 5.74) is 1.04. The lowest BCUT2D eigenvalue weighted by Crippen LogP contribution is -2.45. The van der Waals surface area contributed by atoms with Crippen molar-refractivity contribution in [3.63, 3.8) is 0 Å². The van der Waals surface area contributed by atoms with Crippen molar-refractivity contribution in [2.24, 2.45) is 11.8 Å². The highest BCUT2D eigenvalue weighted by atomic mass is 32.1. The molecule has 3 unspecified atom stereocenters. The van der Waals surface area contributed by atoms with Crippen LogP contribution in [0.4, 0.5) is 0 Å². The van der Waals surface area contributed by atoms with Gasteiger partial charge in [0.25, 0.3) is 0 Å². The molecule has 0 spiro atoms. The lowest BCUT2D eigenvalue weighted by molar-refractivity contribution is -0.131. The van der Waals surface area contributed by atoms with Crippen LogP contribution >= 0.6 is 11.3 Å². The number of piperidine rings is 1. The molecular weight excluding hydrogens is 270 g/mol. The van der Waals surface area contributed by atoms with Crippen LogP contribution in [0.1, 0.15) is 37.6 Å². The Hall–Kier alpha value is -1.13. The van der Waals surface area contributed by atoms with Gasteiger partial charge in [-0.1, -0.05) is 13.8 Å². The van der Waals surface area contributed by atoms with Crippen LogP contribution in [0, 0.1) is 11.8 Å². The number of carbonyl (C=O) groups is 1. The summed E-state index contributed by atoms with van der Waals surface area (Å²) in [4.78, 5) is 14.4. The molecular formula is C16H23NO2S. The van der Waals surface area contributed by atoms with Gasteiger partial charge in [0.05, 0.1) is 0 Å². The summed E-state index contributed by atoms with van der Waals surface area (Å²) < 4.78 is 0. The predicted molar refractivity (Wildman–Crippen MR) is 83.8 cm³/mol. The molecule has 0 aliphatic carbocycles. The molecule has 1 aromatic rings. The average Bonchev–Trinajstić information content (AvgIpc) is 2.80. The first-order chi connectivity index (χ1) is 9.47. The second-order valence-electron chi connectivity index (χ2n) is 5.96. The van der Waals surface area contributed by atoms with Crippen LogP contribution in [0.5, 0.6) is 0 Å². The summed E-state index contributed by atoms with van der Waals surface area (Å²) in [5, 5.41) is 10.8. The maximum absolute atomic E-state index is 10.6. The first-order valence-electron chi connectivity index (χ1n) is 7.18. The number of likely N-dealkylation sites (tertiary alicyclic amines) is 1. The molecule has 0 amide bonds. The molecule has 3 nitrogen and oxygen atoms in total.